The summed E-state index contributed by atoms with van der Waals surface area (Å²) in [5, 5.41) is 20.1. The molecule has 1 fully saturated rings. The van der Waals surface area contributed by atoms with E-state index in [0.717, 1.165) is 64.7 Å². The highest BCUT2D eigenvalue weighted by atomic mass is 16.3. The number of nitrogens with zero attached hydrogens (tertiary/aromatic N) is 3. The molecule has 2 heterocycles. The van der Waals surface area contributed by atoms with E-state index < -0.39 is 5.54 Å². The molecule has 1 aliphatic rings. The molecule has 0 saturated carbocycles. The Morgan fingerprint density at radius 1 is 0.756 bits per heavy atom. The van der Waals surface area contributed by atoms with Crippen molar-refractivity contribution < 1.29 is 9.90 Å². The van der Waals surface area contributed by atoms with Crippen LogP contribution >= 0.6 is 0 Å². The van der Waals surface area contributed by atoms with E-state index in [9.17, 15) is 9.90 Å². The number of hydrogen-bond acceptors (Lipinski definition) is 4. The average molecular weight is 593 g/mol. The second kappa shape index (κ2) is 12.1. The number of hydrogen-bond donors (Lipinski definition) is 2. The summed E-state index contributed by atoms with van der Waals surface area (Å²) in [4.78, 5) is 16.0. The van der Waals surface area contributed by atoms with Gasteiger partial charge in [0.2, 0.25) is 5.91 Å². The van der Waals surface area contributed by atoms with Gasteiger partial charge in [0.15, 0.2) is 5.82 Å². The van der Waals surface area contributed by atoms with Crippen LogP contribution in [0.3, 0.4) is 0 Å². The van der Waals surface area contributed by atoms with Crippen molar-refractivity contribution in [3.63, 3.8) is 0 Å². The van der Waals surface area contributed by atoms with Crippen LogP contribution in [0.5, 0.6) is 5.75 Å². The molecule has 0 aliphatic carbocycles. The monoisotopic (exact) mass is 592 g/mol. The van der Waals surface area contributed by atoms with Crippen LogP contribution in [0.2, 0.25) is 0 Å². The lowest BCUT2D eigenvalue weighted by molar-refractivity contribution is -0.121. The lowest BCUT2D eigenvalue weighted by atomic mass is 9.77. The predicted molar refractivity (Wildman–Crippen MR) is 180 cm³/mol. The third-order valence-corrected chi connectivity index (χ3v) is 9.12. The van der Waals surface area contributed by atoms with Gasteiger partial charge >= 0.3 is 0 Å². The Hall–Kier alpha value is -5.20. The number of anilines is 1. The molecule has 6 nitrogen and oxygen atoms in total. The maximum absolute atomic E-state index is 13.8. The Labute approximate surface area is 263 Å². The molecule has 6 aromatic rings. The van der Waals surface area contributed by atoms with Crippen molar-refractivity contribution in [2.24, 2.45) is 5.92 Å². The number of para-hydroxylation sites is 1. The SMILES string of the molecule is CN1CCC(C(=O)Nc2nn(C(c3ccccc3)(c3ccccc3)c3ccccc3)c3ccc(-c4ccccc4O)cc23)CC1. The standard InChI is InChI=1S/C39H36N4O2/c1-42-25-23-28(24-26-42)38(45)40-37-34-27-29(33-19-11-12-20-36(33)44)21-22-35(34)43(41-37)39(30-13-5-2-6-14-30,31-15-7-3-8-16-31)32-17-9-4-10-18-32/h2-22,27-28,44H,23-26H2,1H3,(H,40,41,45). The number of rotatable bonds is 7. The van der Waals surface area contributed by atoms with Crippen molar-refractivity contribution >= 4 is 22.6 Å². The first kappa shape index (κ1) is 28.6. The van der Waals surface area contributed by atoms with Crippen molar-refractivity contribution in [2.75, 3.05) is 25.5 Å². The van der Waals surface area contributed by atoms with Gasteiger partial charge in [0, 0.05) is 16.9 Å². The van der Waals surface area contributed by atoms with E-state index in [1.807, 2.05) is 48.5 Å². The number of benzene rings is 5. The molecule has 5 aromatic carbocycles. The molecule has 0 spiro atoms. The molecule has 7 rings (SSSR count). The molecular weight excluding hydrogens is 556 g/mol. The molecule has 0 atom stereocenters. The summed E-state index contributed by atoms with van der Waals surface area (Å²) < 4.78 is 2.07. The number of aromatic hydroxyl groups is 1. The Morgan fingerprint density at radius 2 is 1.29 bits per heavy atom. The van der Waals surface area contributed by atoms with Crippen LogP contribution in [0.4, 0.5) is 5.82 Å². The number of likely N-dealkylation sites (tertiary alicyclic amines) is 1. The van der Waals surface area contributed by atoms with Gasteiger partial charge in [-0.15, -0.1) is 0 Å². The fourth-order valence-corrected chi connectivity index (χ4v) is 6.75. The highest BCUT2D eigenvalue weighted by Crippen LogP contribution is 2.44. The summed E-state index contributed by atoms with van der Waals surface area (Å²) in [6, 6.07) is 44.7. The van der Waals surface area contributed by atoms with Crippen LogP contribution in [0.15, 0.2) is 133 Å². The number of aromatic nitrogens is 2. The normalized spacial score (nSPS) is 14.4. The van der Waals surface area contributed by atoms with Crippen molar-refractivity contribution in [3.8, 4) is 16.9 Å². The molecule has 0 bridgehead atoms. The molecule has 0 radical (unpaired) electrons. The highest BCUT2D eigenvalue weighted by Gasteiger charge is 2.41. The lowest BCUT2D eigenvalue weighted by Gasteiger charge is -2.37. The van der Waals surface area contributed by atoms with Crippen molar-refractivity contribution in [1.82, 2.24) is 14.7 Å². The maximum Gasteiger partial charge on any atom is 0.228 e. The molecule has 6 heteroatoms. The van der Waals surface area contributed by atoms with Crippen LogP contribution in [-0.2, 0) is 10.3 Å². The summed E-state index contributed by atoms with van der Waals surface area (Å²) in [5.41, 5.74) is 4.72. The molecule has 2 N–H and O–H groups in total. The maximum atomic E-state index is 13.8. The number of phenols is 1. The summed E-state index contributed by atoms with van der Waals surface area (Å²) in [5.74, 6) is 0.629. The largest absolute Gasteiger partial charge is 0.507 e. The fraction of sp³-hybridized carbons (Fsp3) is 0.179. The summed E-state index contributed by atoms with van der Waals surface area (Å²) in [6.07, 6.45) is 1.62. The first-order valence-electron chi connectivity index (χ1n) is 15.5. The van der Waals surface area contributed by atoms with E-state index in [1.165, 1.54) is 0 Å². The van der Waals surface area contributed by atoms with Gasteiger partial charge in [0.25, 0.3) is 0 Å². The van der Waals surface area contributed by atoms with Gasteiger partial charge in [-0.1, -0.05) is 115 Å². The molecule has 1 amide bonds. The predicted octanol–water partition coefficient (Wildman–Crippen LogP) is 7.53. The van der Waals surface area contributed by atoms with E-state index in [2.05, 4.69) is 101 Å². The van der Waals surface area contributed by atoms with Crippen LogP contribution in [0.25, 0.3) is 22.0 Å². The molecule has 1 aromatic heterocycles. The van der Waals surface area contributed by atoms with Gasteiger partial charge in [-0.3, -0.25) is 4.79 Å². The minimum Gasteiger partial charge on any atom is -0.507 e. The number of carbonyl (C=O) groups excluding carboxylic acids is 1. The Kier molecular flexibility index (Phi) is 7.66. The van der Waals surface area contributed by atoms with Gasteiger partial charge in [-0.25, -0.2) is 4.68 Å². The van der Waals surface area contributed by atoms with Gasteiger partial charge < -0.3 is 15.3 Å². The van der Waals surface area contributed by atoms with Crippen molar-refractivity contribution in [1.29, 1.82) is 0 Å². The van der Waals surface area contributed by atoms with Crippen LogP contribution in [-0.4, -0.2) is 45.8 Å². The minimum absolute atomic E-state index is 0.00709. The lowest BCUT2D eigenvalue weighted by Crippen LogP contribution is -2.39. The third-order valence-electron chi connectivity index (χ3n) is 9.12. The van der Waals surface area contributed by atoms with Gasteiger partial charge in [0.05, 0.1) is 5.52 Å². The Balaban J connectivity index is 1.50. The first-order chi connectivity index (χ1) is 22.1. The van der Waals surface area contributed by atoms with E-state index in [0.29, 0.717) is 5.82 Å². The molecule has 1 saturated heterocycles. The van der Waals surface area contributed by atoms with Crippen LogP contribution in [0.1, 0.15) is 29.5 Å². The topological polar surface area (TPSA) is 70.4 Å². The second-order valence-electron chi connectivity index (χ2n) is 11.9. The number of nitrogens with one attached hydrogen (secondary N) is 1. The minimum atomic E-state index is -0.852. The zero-order valence-corrected chi connectivity index (χ0v) is 25.3. The summed E-state index contributed by atoms with van der Waals surface area (Å²) >= 11 is 0. The van der Waals surface area contributed by atoms with E-state index in [-0.39, 0.29) is 17.6 Å². The Morgan fingerprint density at radius 3 is 1.84 bits per heavy atom. The molecule has 0 unspecified atom stereocenters. The number of fused-ring (bicyclic) bond motifs is 1. The van der Waals surface area contributed by atoms with Crippen LogP contribution in [0, 0.1) is 5.92 Å². The molecule has 45 heavy (non-hydrogen) atoms. The number of carbonyl (C=O) groups is 1. The van der Waals surface area contributed by atoms with Gasteiger partial charge in [-0.2, -0.15) is 5.10 Å². The average Bonchev–Trinajstić information content (AvgIpc) is 3.44. The summed E-state index contributed by atoms with van der Waals surface area (Å²) in [7, 11) is 2.10. The zero-order valence-electron chi connectivity index (χ0n) is 25.3. The second-order valence-corrected chi connectivity index (χ2v) is 11.9. The number of amides is 1. The van der Waals surface area contributed by atoms with E-state index in [4.69, 9.17) is 5.10 Å². The fourth-order valence-electron chi connectivity index (χ4n) is 6.75. The molecule has 1 aliphatic heterocycles. The number of phenolic OH excluding ortho intramolecular Hbond substituents is 1. The van der Waals surface area contributed by atoms with E-state index >= 15 is 0 Å². The zero-order chi connectivity index (χ0) is 30.8. The van der Waals surface area contributed by atoms with Gasteiger partial charge in [0.1, 0.15) is 11.3 Å². The summed E-state index contributed by atoms with van der Waals surface area (Å²) in [6.45, 7) is 1.79. The highest BCUT2D eigenvalue weighted by molar-refractivity contribution is 6.02. The van der Waals surface area contributed by atoms with Gasteiger partial charge in [-0.05, 0) is 73.4 Å². The quantitative estimate of drug-likeness (QED) is 0.188. The third kappa shape index (κ3) is 5.17. The van der Waals surface area contributed by atoms with Crippen LogP contribution < -0.4 is 5.32 Å². The Bertz CT molecular complexity index is 1830. The number of piperidine rings is 1. The molecular formula is C39H36N4O2. The molecule has 224 valence electrons. The smallest absolute Gasteiger partial charge is 0.228 e. The van der Waals surface area contributed by atoms with E-state index in [1.54, 1.807) is 6.07 Å². The van der Waals surface area contributed by atoms with Crippen molar-refractivity contribution in [2.45, 2.75) is 18.4 Å². The first-order valence-corrected chi connectivity index (χ1v) is 15.5. The van der Waals surface area contributed by atoms with Crippen molar-refractivity contribution in [3.05, 3.63) is 150 Å².